The van der Waals surface area contributed by atoms with E-state index in [0.29, 0.717) is 11.1 Å². The monoisotopic (exact) mass is 844 g/mol. The first kappa shape index (κ1) is 44.1. The molecule has 0 bridgehead atoms. The molecule has 0 fully saturated rings. The Morgan fingerprint density at radius 3 is 1.69 bits per heavy atom. The average Bonchev–Trinajstić information content (AvgIpc) is 3.50. The lowest BCUT2D eigenvalue weighted by Crippen LogP contribution is -2.58. The van der Waals surface area contributed by atoms with Crippen molar-refractivity contribution in [3.63, 3.8) is 0 Å². The summed E-state index contributed by atoms with van der Waals surface area (Å²) in [6.45, 7) is 44.5. The van der Waals surface area contributed by atoms with Crippen LogP contribution in [0.5, 0.6) is 0 Å². The predicted octanol–water partition coefficient (Wildman–Crippen LogP) is 15.5. The first-order chi connectivity index (χ1) is 28.5. The van der Waals surface area contributed by atoms with Crippen LogP contribution in [0.25, 0.3) is 0 Å². The number of thioether (sulfide) groups is 1. The van der Waals surface area contributed by atoms with Gasteiger partial charge in [-0.3, -0.25) is 0 Å². The van der Waals surface area contributed by atoms with E-state index in [1.807, 2.05) is 0 Å². The van der Waals surface area contributed by atoms with E-state index in [4.69, 9.17) is 0 Å². The lowest BCUT2D eigenvalue weighted by Gasteiger charge is -2.46. The third kappa shape index (κ3) is 6.94. The van der Waals surface area contributed by atoms with Crippen LogP contribution in [0.3, 0.4) is 0 Å². The SMILES string of the molecule is Cc1cc(C(C)(C)C)ccc1N1c2cc3c(cc2B2c4c(cc(C(C)(C)C)cc41)C(c1ccc(C(C)(C)C)cc1)C[C@@H]1C4=C(SC21)C(C)(C)CCC4(C)C)C(C)(C)CCC3(C)C. The minimum Gasteiger partial charge on any atom is -0.311 e. The summed E-state index contributed by atoms with van der Waals surface area (Å²) in [6, 6.07) is 28.2. The Morgan fingerprint density at radius 1 is 0.565 bits per heavy atom. The highest BCUT2D eigenvalue weighted by molar-refractivity contribution is 8.05. The van der Waals surface area contributed by atoms with Gasteiger partial charge >= 0.3 is 0 Å². The number of fused-ring (bicyclic) bond motifs is 6. The minimum absolute atomic E-state index is 0.0252. The fourth-order valence-electron chi connectivity index (χ4n) is 12.5. The number of nitrogens with zero attached hydrogens (tertiary/aromatic N) is 1. The van der Waals surface area contributed by atoms with Crippen molar-refractivity contribution < 1.29 is 0 Å². The molecule has 2 aliphatic carbocycles. The zero-order chi connectivity index (χ0) is 45.1. The number of aryl methyl sites for hydroxylation is 1. The van der Waals surface area contributed by atoms with E-state index >= 15 is 0 Å². The average molecular weight is 844 g/mol. The second-order valence-corrected chi connectivity index (χ2v) is 27.6. The fourth-order valence-corrected chi connectivity index (χ4v) is 14.6. The number of rotatable bonds is 2. The van der Waals surface area contributed by atoms with Gasteiger partial charge in [0.2, 0.25) is 6.71 Å². The van der Waals surface area contributed by atoms with Gasteiger partial charge in [-0.15, -0.1) is 11.8 Å². The summed E-state index contributed by atoms with van der Waals surface area (Å²) < 4.78 is 0. The van der Waals surface area contributed by atoms with E-state index < -0.39 is 0 Å². The molecule has 9 rings (SSSR count). The molecule has 4 aromatic rings. The smallest absolute Gasteiger partial charge is 0.229 e. The van der Waals surface area contributed by atoms with Crippen molar-refractivity contribution in [2.45, 2.75) is 195 Å². The van der Waals surface area contributed by atoms with Gasteiger partial charge in [-0.2, -0.15) is 0 Å². The van der Waals surface area contributed by atoms with E-state index in [9.17, 15) is 0 Å². The summed E-state index contributed by atoms with van der Waals surface area (Å²) in [5.41, 5.74) is 21.6. The summed E-state index contributed by atoms with van der Waals surface area (Å²) in [5, 5.41) is 0.427. The van der Waals surface area contributed by atoms with Crippen molar-refractivity contribution in [1.82, 2.24) is 0 Å². The van der Waals surface area contributed by atoms with Crippen LogP contribution in [-0.4, -0.2) is 11.9 Å². The molecule has 2 unspecified atom stereocenters. The maximum absolute atomic E-state index is 2.79. The number of allylic oxidation sites excluding steroid dienone is 2. The number of hydrogen-bond acceptors (Lipinski definition) is 2. The van der Waals surface area contributed by atoms with Crippen LogP contribution in [0.4, 0.5) is 17.1 Å². The van der Waals surface area contributed by atoms with Gasteiger partial charge in [0.1, 0.15) is 0 Å². The third-order valence-corrected chi connectivity index (χ3v) is 18.7. The molecule has 3 heteroatoms. The van der Waals surface area contributed by atoms with Crippen LogP contribution in [0, 0.1) is 23.7 Å². The Hall–Kier alpha value is -3.17. The Labute approximate surface area is 382 Å². The normalized spacial score (nSPS) is 24.5. The molecule has 1 nitrogen and oxygen atoms in total. The molecule has 328 valence electrons. The molecule has 0 saturated carbocycles. The lowest BCUT2D eigenvalue weighted by atomic mass is 9.34. The molecule has 5 aliphatic rings. The van der Waals surface area contributed by atoms with Gasteiger partial charge in [0.25, 0.3) is 0 Å². The molecule has 0 spiro atoms. The maximum Gasteiger partial charge on any atom is 0.229 e. The van der Waals surface area contributed by atoms with Gasteiger partial charge in [0, 0.05) is 28.1 Å². The highest BCUT2D eigenvalue weighted by atomic mass is 32.2. The number of benzene rings is 4. The number of anilines is 3. The molecule has 3 aliphatic heterocycles. The molecule has 62 heavy (non-hydrogen) atoms. The predicted molar refractivity (Wildman–Crippen MR) is 274 cm³/mol. The first-order valence-electron chi connectivity index (χ1n) is 24.3. The highest BCUT2D eigenvalue weighted by Gasteiger charge is 2.57. The molecule has 0 aromatic heterocycles. The molecule has 3 heterocycles. The second kappa shape index (κ2) is 13.9. The van der Waals surface area contributed by atoms with E-state index in [-0.39, 0.29) is 50.5 Å². The van der Waals surface area contributed by atoms with Gasteiger partial charge < -0.3 is 4.90 Å². The van der Waals surface area contributed by atoms with Crippen molar-refractivity contribution in [3.8, 4) is 0 Å². The second-order valence-electron chi connectivity index (χ2n) is 26.4. The Bertz CT molecular complexity index is 2500. The standard InChI is InChI=1S/C59H78BNS/c1-35-29-38(54(5,6)7)23-24-46(35)61-47-34-44-43(56(11,12)25-26-57(44,13)14)33-45(47)60-50-41(30-39(31-48(50)61)55(8,9)10)40(36-19-21-37(22-20-36)53(2,3)4)32-42-49-51(62-52(42)60)59(17,18)28-27-58(49,15)16/h19-24,29-31,33-34,40,42,52H,25-28,32H2,1-18H3/t40?,42-,52?/m1/s1. The van der Waals surface area contributed by atoms with E-state index in [0.717, 1.165) is 6.42 Å². The lowest BCUT2D eigenvalue weighted by molar-refractivity contribution is 0.253. The minimum atomic E-state index is -0.0252. The molecular weight excluding hydrogens is 766 g/mol. The quantitative estimate of drug-likeness (QED) is 0.185. The first-order valence-corrected chi connectivity index (χ1v) is 25.2. The number of hydrogen-bond donors (Lipinski definition) is 0. The molecule has 0 amide bonds. The summed E-state index contributed by atoms with van der Waals surface area (Å²) in [4.78, 5) is 4.50. The van der Waals surface area contributed by atoms with Crippen LogP contribution in [-0.2, 0) is 27.1 Å². The van der Waals surface area contributed by atoms with Gasteiger partial charge in [-0.1, -0.05) is 172 Å². The Morgan fingerprint density at radius 2 is 1.11 bits per heavy atom. The van der Waals surface area contributed by atoms with Gasteiger partial charge in [0.05, 0.1) is 0 Å². The van der Waals surface area contributed by atoms with E-state index in [1.54, 1.807) is 38.1 Å². The third-order valence-electron chi connectivity index (χ3n) is 16.8. The van der Waals surface area contributed by atoms with Gasteiger partial charge in [-0.05, 0) is 161 Å². The largest absolute Gasteiger partial charge is 0.311 e. The van der Waals surface area contributed by atoms with Crippen molar-refractivity contribution in [2.24, 2.45) is 16.7 Å². The molecule has 0 saturated heterocycles. The van der Waals surface area contributed by atoms with Crippen LogP contribution >= 0.6 is 11.8 Å². The molecule has 3 atom stereocenters. The van der Waals surface area contributed by atoms with Crippen molar-refractivity contribution >= 4 is 46.5 Å². The van der Waals surface area contributed by atoms with Gasteiger partial charge in [0.15, 0.2) is 0 Å². The van der Waals surface area contributed by atoms with Crippen molar-refractivity contribution in [1.29, 1.82) is 0 Å². The molecular formula is C59H78BNS. The maximum atomic E-state index is 2.79. The van der Waals surface area contributed by atoms with Gasteiger partial charge in [-0.25, -0.2) is 0 Å². The zero-order valence-electron chi connectivity index (χ0n) is 42.1. The zero-order valence-corrected chi connectivity index (χ0v) is 42.9. The molecule has 0 N–H and O–H groups in total. The van der Waals surface area contributed by atoms with Crippen LogP contribution in [0.1, 0.15) is 200 Å². The summed E-state index contributed by atoms with van der Waals surface area (Å²) in [7, 11) is 0. The van der Waals surface area contributed by atoms with E-state index in [2.05, 4.69) is 208 Å². The fraction of sp³-hybridized carbons (Fsp3) is 0.559. The summed E-state index contributed by atoms with van der Waals surface area (Å²) in [5.74, 6) is 0.763. The Balaban J connectivity index is 1.42. The topological polar surface area (TPSA) is 3.24 Å². The molecule has 4 aromatic carbocycles. The highest BCUT2D eigenvalue weighted by Crippen LogP contribution is 2.65. The van der Waals surface area contributed by atoms with Crippen LogP contribution < -0.4 is 15.8 Å². The van der Waals surface area contributed by atoms with Crippen molar-refractivity contribution in [3.05, 3.63) is 122 Å². The van der Waals surface area contributed by atoms with Crippen molar-refractivity contribution in [2.75, 3.05) is 4.90 Å². The van der Waals surface area contributed by atoms with Crippen LogP contribution in [0.2, 0.25) is 0 Å². The van der Waals surface area contributed by atoms with E-state index in [1.165, 1.54) is 70.6 Å². The summed E-state index contributed by atoms with van der Waals surface area (Å²) >= 11 is 2.32. The molecule has 0 radical (unpaired) electrons. The summed E-state index contributed by atoms with van der Waals surface area (Å²) in [6.07, 6.45) is 6.10. The van der Waals surface area contributed by atoms with Crippen LogP contribution in [0.15, 0.2) is 77.2 Å². The Kier molecular flexibility index (Phi) is 9.89.